The summed E-state index contributed by atoms with van der Waals surface area (Å²) in [4.78, 5) is 32.5. The van der Waals surface area contributed by atoms with E-state index in [9.17, 15) is 9.59 Å². The summed E-state index contributed by atoms with van der Waals surface area (Å²) < 4.78 is 1.62. The van der Waals surface area contributed by atoms with Crippen molar-refractivity contribution >= 4 is 28.6 Å². The maximum absolute atomic E-state index is 13.4. The number of para-hydroxylation sites is 2. The number of hydrogen-bond acceptors (Lipinski definition) is 5. The minimum absolute atomic E-state index is 0.104. The van der Waals surface area contributed by atoms with Crippen molar-refractivity contribution in [2.24, 2.45) is 0 Å². The van der Waals surface area contributed by atoms with Crippen LogP contribution in [0, 0.1) is 11.3 Å². The summed E-state index contributed by atoms with van der Waals surface area (Å²) in [5, 5.41) is 9.34. The molecule has 0 aliphatic heterocycles. The van der Waals surface area contributed by atoms with Gasteiger partial charge in [-0.25, -0.2) is 4.98 Å². The lowest BCUT2D eigenvalue weighted by Crippen LogP contribution is -2.34. The van der Waals surface area contributed by atoms with E-state index in [1.165, 1.54) is 11.8 Å². The topological polar surface area (TPSA) is 79.0 Å². The summed E-state index contributed by atoms with van der Waals surface area (Å²) in [5.74, 6) is -0.104. The van der Waals surface area contributed by atoms with Gasteiger partial charge in [-0.15, -0.1) is 0 Å². The first-order valence-corrected chi connectivity index (χ1v) is 10.7. The van der Waals surface area contributed by atoms with Crippen molar-refractivity contribution in [3.63, 3.8) is 0 Å². The Labute approximate surface area is 180 Å². The van der Waals surface area contributed by atoms with Crippen molar-refractivity contribution in [3.8, 4) is 11.8 Å². The highest BCUT2D eigenvalue weighted by atomic mass is 32.2. The highest BCUT2D eigenvalue weighted by Gasteiger charge is 2.23. The smallest absolute Gasteiger partial charge is 0.266 e. The summed E-state index contributed by atoms with van der Waals surface area (Å²) in [5.41, 5.74) is 2.26. The quantitative estimate of drug-likeness (QED) is 0.429. The number of carbonyl (C=O) groups excluding carboxylic acids is 1. The average molecular weight is 421 g/mol. The zero-order valence-corrected chi connectivity index (χ0v) is 18.1. The molecule has 6 nitrogen and oxygen atoms in total. The first-order chi connectivity index (χ1) is 14.5. The molecule has 154 valence electrons. The molecule has 0 fully saturated rings. The monoisotopic (exact) mass is 420 g/mol. The number of aromatic nitrogens is 2. The molecule has 2 aromatic carbocycles. The van der Waals surface area contributed by atoms with Gasteiger partial charge in [0.1, 0.15) is 0 Å². The molecule has 0 aliphatic rings. The van der Waals surface area contributed by atoms with Crippen LogP contribution in [-0.2, 0) is 11.2 Å². The lowest BCUT2D eigenvalue weighted by molar-refractivity contribution is -0.128. The van der Waals surface area contributed by atoms with Gasteiger partial charge in [-0.05, 0) is 37.1 Å². The van der Waals surface area contributed by atoms with Crippen molar-refractivity contribution in [1.29, 1.82) is 5.26 Å². The molecular weight excluding hydrogens is 396 g/mol. The third-order valence-electron chi connectivity index (χ3n) is 4.92. The second-order valence-electron chi connectivity index (χ2n) is 6.96. The molecule has 1 amide bonds. The van der Waals surface area contributed by atoms with E-state index >= 15 is 0 Å². The normalized spacial score (nSPS) is 11.8. The minimum atomic E-state index is -0.457. The molecule has 0 aliphatic carbocycles. The van der Waals surface area contributed by atoms with Crippen LogP contribution in [0.25, 0.3) is 16.6 Å². The first kappa shape index (κ1) is 21.6. The Morgan fingerprint density at radius 1 is 1.23 bits per heavy atom. The largest absolute Gasteiger partial charge is 0.344 e. The Bertz CT molecular complexity index is 1170. The van der Waals surface area contributed by atoms with Crippen molar-refractivity contribution in [2.45, 2.75) is 37.1 Å². The van der Waals surface area contributed by atoms with Crippen LogP contribution >= 0.6 is 11.8 Å². The van der Waals surface area contributed by atoms with Crippen LogP contribution in [0.3, 0.4) is 0 Å². The Morgan fingerprint density at radius 2 is 1.93 bits per heavy atom. The summed E-state index contributed by atoms with van der Waals surface area (Å²) in [6, 6.07) is 17.1. The molecule has 7 heteroatoms. The van der Waals surface area contributed by atoms with E-state index in [0.29, 0.717) is 22.6 Å². The molecule has 0 bridgehead atoms. The van der Waals surface area contributed by atoms with Crippen molar-refractivity contribution in [2.75, 3.05) is 13.6 Å². The minimum Gasteiger partial charge on any atom is -0.344 e. The Hall–Kier alpha value is -3.11. The number of nitriles is 1. The van der Waals surface area contributed by atoms with Gasteiger partial charge in [0.25, 0.3) is 5.56 Å². The van der Waals surface area contributed by atoms with E-state index in [-0.39, 0.29) is 17.9 Å². The molecule has 0 saturated heterocycles. The molecule has 0 spiro atoms. The zero-order chi connectivity index (χ0) is 21.7. The van der Waals surface area contributed by atoms with Gasteiger partial charge in [0.05, 0.1) is 34.3 Å². The van der Waals surface area contributed by atoms with Gasteiger partial charge in [0.2, 0.25) is 5.91 Å². The molecule has 1 aromatic heterocycles. The van der Waals surface area contributed by atoms with Crippen molar-refractivity contribution in [3.05, 3.63) is 64.4 Å². The molecule has 3 aromatic rings. The summed E-state index contributed by atoms with van der Waals surface area (Å²) >= 11 is 1.26. The number of nitrogens with zero attached hydrogens (tertiary/aromatic N) is 4. The van der Waals surface area contributed by atoms with Crippen molar-refractivity contribution in [1.82, 2.24) is 14.5 Å². The molecule has 0 saturated carbocycles. The number of carbonyl (C=O) groups is 1. The molecule has 0 radical (unpaired) electrons. The molecule has 1 atom stereocenters. The second-order valence-corrected chi connectivity index (χ2v) is 8.27. The number of amides is 1. The number of thioether (sulfide) groups is 1. The lowest BCUT2D eigenvalue weighted by Gasteiger charge is -2.21. The van der Waals surface area contributed by atoms with Crippen LogP contribution in [0.1, 0.15) is 25.8 Å². The van der Waals surface area contributed by atoms with Gasteiger partial charge < -0.3 is 4.90 Å². The SMILES string of the molecule is CCc1ccccc1-n1c(S[C@H](C)C(=O)N(C)CCC#N)nc2ccccc2c1=O. The number of aryl methyl sites for hydroxylation is 1. The average Bonchev–Trinajstić information content (AvgIpc) is 2.77. The molecule has 0 N–H and O–H groups in total. The van der Waals surface area contributed by atoms with Gasteiger partial charge in [-0.1, -0.05) is 49.0 Å². The van der Waals surface area contributed by atoms with Gasteiger partial charge >= 0.3 is 0 Å². The fourth-order valence-corrected chi connectivity index (χ4v) is 4.31. The highest BCUT2D eigenvalue weighted by molar-refractivity contribution is 8.00. The lowest BCUT2D eigenvalue weighted by atomic mass is 10.1. The second kappa shape index (κ2) is 9.59. The molecule has 1 heterocycles. The Morgan fingerprint density at radius 3 is 2.67 bits per heavy atom. The third-order valence-corrected chi connectivity index (χ3v) is 5.96. The van der Waals surface area contributed by atoms with E-state index in [1.807, 2.05) is 49.4 Å². The van der Waals surface area contributed by atoms with Crippen LogP contribution in [0.5, 0.6) is 0 Å². The summed E-state index contributed by atoms with van der Waals surface area (Å²) in [7, 11) is 1.68. The van der Waals surface area contributed by atoms with Gasteiger partial charge in [0, 0.05) is 13.6 Å². The van der Waals surface area contributed by atoms with E-state index in [1.54, 1.807) is 29.5 Å². The van der Waals surface area contributed by atoms with Gasteiger partial charge in [-0.2, -0.15) is 5.26 Å². The van der Waals surface area contributed by atoms with Crippen LogP contribution in [0.15, 0.2) is 58.5 Å². The van der Waals surface area contributed by atoms with Crippen LogP contribution in [0.2, 0.25) is 0 Å². The molecule has 0 unspecified atom stereocenters. The maximum atomic E-state index is 13.4. The predicted octanol–water partition coefficient (Wildman–Crippen LogP) is 3.80. The Kier molecular flexibility index (Phi) is 6.91. The van der Waals surface area contributed by atoms with E-state index in [2.05, 4.69) is 6.07 Å². The van der Waals surface area contributed by atoms with E-state index in [0.717, 1.165) is 17.7 Å². The van der Waals surface area contributed by atoms with Crippen LogP contribution in [-0.4, -0.2) is 39.2 Å². The van der Waals surface area contributed by atoms with Crippen LogP contribution < -0.4 is 5.56 Å². The maximum Gasteiger partial charge on any atom is 0.266 e. The number of hydrogen-bond donors (Lipinski definition) is 0. The zero-order valence-electron chi connectivity index (χ0n) is 17.3. The van der Waals surface area contributed by atoms with E-state index < -0.39 is 5.25 Å². The first-order valence-electron chi connectivity index (χ1n) is 9.86. The fourth-order valence-electron chi connectivity index (χ4n) is 3.28. The summed E-state index contributed by atoms with van der Waals surface area (Å²) in [6.45, 7) is 4.21. The van der Waals surface area contributed by atoms with E-state index in [4.69, 9.17) is 10.2 Å². The number of benzene rings is 2. The Balaban J connectivity index is 2.11. The van der Waals surface area contributed by atoms with Crippen LogP contribution in [0.4, 0.5) is 0 Å². The molecule has 30 heavy (non-hydrogen) atoms. The van der Waals surface area contributed by atoms with Crippen molar-refractivity contribution < 1.29 is 4.79 Å². The fraction of sp³-hybridized carbons (Fsp3) is 0.304. The van der Waals surface area contributed by atoms with Gasteiger partial charge in [-0.3, -0.25) is 14.2 Å². The highest BCUT2D eigenvalue weighted by Crippen LogP contribution is 2.27. The molecular formula is C23H24N4O2S. The molecule has 3 rings (SSSR count). The third kappa shape index (κ3) is 4.39. The standard InChI is InChI=1S/C23H24N4O2S/c1-4-17-10-5-8-13-20(17)27-22(29)18-11-6-7-12-19(18)25-23(27)30-16(2)21(28)26(3)15-9-14-24/h5-8,10-13,16H,4,9,15H2,1-3H3/t16-/m1/s1. The number of fused-ring (bicyclic) bond motifs is 1. The van der Waals surface area contributed by atoms with Gasteiger partial charge in [0.15, 0.2) is 5.16 Å². The predicted molar refractivity (Wildman–Crippen MR) is 120 cm³/mol. The summed E-state index contributed by atoms with van der Waals surface area (Å²) in [6.07, 6.45) is 1.05. The number of rotatable bonds is 7.